The zero-order chi connectivity index (χ0) is 20.9. The van der Waals surface area contributed by atoms with E-state index in [0.29, 0.717) is 23.2 Å². The van der Waals surface area contributed by atoms with E-state index in [1.54, 1.807) is 43.1 Å². The largest absolute Gasteiger partial charge is 0.326 e. The van der Waals surface area contributed by atoms with Crippen molar-refractivity contribution in [1.29, 1.82) is 0 Å². The minimum absolute atomic E-state index is 0.188. The summed E-state index contributed by atoms with van der Waals surface area (Å²) < 4.78 is 1.91. The van der Waals surface area contributed by atoms with Gasteiger partial charge in [0.15, 0.2) is 5.82 Å². The molecule has 0 aliphatic carbocycles. The number of carbonyl (C=O) groups excluding carboxylic acids is 1. The molecule has 0 unspecified atom stereocenters. The molecule has 0 saturated carbocycles. The highest BCUT2D eigenvalue weighted by Crippen LogP contribution is 2.20. The van der Waals surface area contributed by atoms with E-state index in [4.69, 9.17) is 0 Å². The first-order valence-corrected chi connectivity index (χ1v) is 9.26. The van der Waals surface area contributed by atoms with Crippen LogP contribution in [0.4, 0.5) is 16.4 Å². The molecule has 150 valence electrons. The van der Waals surface area contributed by atoms with Crippen molar-refractivity contribution in [3.05, 3.63) is 61.6 Å². The van der Waals surface area contributed by atoms with Gasteiger partial charge >= 0.3 is 6.03 Å². The van der Waals surface area contributed by atoms with Crippen LogP contribution in [-0.4, -0.2) is 40.7 Å². The van der Waals surface area contributed by atoms with Crippen molar-refractivity contribution in [2.45, 2.75) is 19.9 Å². The van der Waals surface area contributed by atoms with Crippen LogP contribution in [0.1, 0.15) is 19.9 Å². The van der Waals surface area contributed by atoms with Gasteiger partial charge in [-0.05, 0) is 38.1 Å². The minimum atomic E-state index is -0.451. The van der Waals surface area contributed by atoms with Crippen LogP contribution >= 0.6 is 0 Å². The Hall–Kier alpha value is -4.21. The number of pyridine rings is 2. The summed E-state index contributed by atoms with van der Waals surface area (Å²) in [4.78, 5) is 29.0. The van der Waals surface area contributed by atoms with Gasteiger partial charge in [0.25, 0.3) is 0 Å². The summed E-state index contributed by atoms with van der Waals surface area (Å²) in [5.41, 5.74) is 2.31. The van der Waals surface area contributed by atoms with E-state index in [1.807, 2.05) is 30.5 Å². The number of aromatic nitrogens is 7. The molecule has 0 saturated heterocycles. The molecular formula is C20H19N9O. The second kappa shape index (κ2) is 8.43. The van der Waals surface area contributed by atoms with Crippen LogP contribution in [0.5, 0.6) is 0 Å². The molecule has 0 atom stereocenters. The molecular weight excluding hydrogens is 382 g/mol. The molecule has 30 heavy (non-hydrogen) atoms. The number of amides is 2. The first kappa shape index (κ1) is 19.1. The van der Waals surface area contributed by atoms with Gasteiger partial charge in [-0.25, -0.2) is 24.7 Å². The molecule has 4 aromatic heterocycles. The Balaban J connectivity index is 1.44. The number of hydrogen-bond donors (Lipinski definition) is 2. The van der Waals surface area contributed by atoms with Crippen molar-refractivity contribution in [2.24, 2.45) is 0 Å². The van der Waals surface area contributed by atoms with Crippen LogP contribution < -0.4 is 10.6 Å². The van der Waals surface area contributed by atoms with Crippen molar-refractivity contribution in [3.8, 4) is 22.6 Å². The molecule has 0 radical (unpaired) electrons. The Morgan fingerprint density at radius 2 is 1.77 bits per heavy atom. The van der Waals surface area contributed by atoms with Crippen LogP contribution in [0.3, 0.4) is 0 Å². The molecule has 0 aliphatic heterocycles. The van der Waals surface area contributed by atoms with Crippen molar-refractivity contribution in [3.63, 3.8) is 0 Å². The van der Waals surface area contributed by atoms with E-state index in [9.17, 15) is 4.79 Å². The molecule has 4 heterocycles. The van der Waals surface area contributed by atoms with E-state index in [-0.39, 0.29) is 6.04 Å². The maximum absolute atomic E-state index is 12.4. The van der Waals surface area contributed by atoms with Crippen molar-refractivity contribution in [2.75, 3.05) is 10.6 Å². The van der Waals surface area contributed by atoms with Crippen molar-refractivity contribution >= 4 is 17.7 Å². The highest BCUT2D eigenvalue weighted by molar-refractivity contribution is 5.98. The van der Waals surface area contributed by atoms with E-state index in [1.165, 1.54) is 6.33 Å². The molecule has 10 heteroatoms. The van der Waals surface area contributed by atoms with Crippen LogP contribution in [0.15, 0.2) is 61.6 Å². The average molecular weight is 401 g/mol. The molecule has 2 N–H and O–H groups in total. The summed E-state index contributed by atoms with van der Waals surface area (Å²) >= 11 is 0. The van der Waals surface area contributed by atoms with Crippen LogP contribution in [0.2, 0.25) is 0 Å². The van der Waals surface area contributed by atoms with E-state index >= 15 is 0 Å². The molecule has 0 bridgehead atoms. The molecule has 0 fully saturated rings. The summed E-state index contributed by atoms with van der Waals surface area (Å²) in [5, 5.41) is 13.5. The molecule has 0 aromatic carbocycles. The SMILES string of the molecule is CC(C)n1cnnc1-c1cccc(NC(=O)Nc2ccc(-c3cncnc3)cn2)n1. The third-order valence-corrected chi connectivity index (χ3v) is 4.25. The number of carbonyl (C=O) groups is 1. The lowest BCUT2D eigenvalue weighted by atomic mass is 10.1. The smallest absolute Gasteiger partial charge is 0.310 e. The number of hydrogen-bond acceptors (Lipinski definition) is 7. The molecule has 4 rings (SSSR count). The van der Waals surface area contributed by atoms with Crippen molar-refractivity contribution in [1.82, 2.24) is 34.7 Å². The average Bonchev–Trinajstić information content (AvgIpc) is 3.25. The molecule has 2 amide bonds. The van der Waals surface area contributed by atoms with Gasteiger partial charge in [-0.3, -0.25) is 10.6 Å². The maximum Gasteiger partial charge on any atom is 0.326 e. The molecule has 0 spiro atoms. The van der Waals surface area contributed by atoms with Crippen LogP contribution in [0, 0.1) is 0 Å². The number of nitrogens with zero attached hydrogens (tertiary/aromatic N) is 7. The summed E-state index contributed by atoms with van der Waals surface area (Å²) in [6.07, 6.45) is 8.16. The van der Waals surface area contributed by atoms with E-state index in [2.05, 4.69) is 40.8 Å². The lowest BCUT2D eigenvalue weighted by Gasteiger charge is -2.11. The van der Waals surface area contributed by atoms with E-state index in [0.717, 1.165) is 11.1 Å². The standard InChI is InChI=1S/C20H19N9O/c1-13(2)29-12-24-28-19(29)16-4-3-5-18(25-16)27-20(30)26-17-7-6-14(10-23-17)15-8-21-11-22-9-15/h3-13H,1-2H3,(H2,23,25,26,27,30). The predicted molar refractivity (Wildman–Crippen MR) is 112 cm³/mol. The van der Waals surface area contributed by atoms with Crippen LogP contribution in [-0.2, 0) is 0 Å². The summed E-state index contributed by atoms with van der Waals surface area (Å²) in [6.45, 7) is 4.07. The zero-order valence-corrected chi connectivity index (χ0v) is 16.4. The van der Waals surface area contributed by atoms with Gasteiger partial charge in [0.2, 0.25) is 0 Å². The Morgan fingerprint density at radius 1 is 0.967 bits per heavy atom. The highest BCUT2D eigenvalue weighted by atomic mass is 16.2. The third-order valence-electron chi connectivity index (χ3n) is 4.25. The molecule has 4 aromatic rings. The Labute approximate surface area is 172 Å². The Morgan fingerprint density at radius 3 is 2.50 bits per heavy atom. The fraction of sp³-hybridized carbons (Fsp3) is 0.150. The fourth-order valence-corrected chi connectivity index (χ4v) is 2.78. The number of nitrogens with one attached hydrogen (secondary N) is 2. The normalized spacial score (nSPS) is 10.8. The van der Waals surface area contributed by atoms with Crippen molar-refractivity contribution < 1.29 is 4.79 Å². The van der Waals surface area contributed by atoms with Gasteiger partial charge < -0.3 is 4.57 Å². The number of urea groups is 1. The first-order chi connectivity index (χ1) is 14.6. The number of rotatable bonds is 5. The second-order valence-corrected chi connectivity index (χ2v) is 6.70. The van der Waals surface area contributed by atoms with Gasteiger partial charge in [-0.1, -0.05) is 6.07 Å². The summed E-state index contributed by atoms with van der Waals surface area (Å²) in [7, 11) is 0. The van der Waals surface area contributed by atoms with Gasteiger partial charge in [0, 0.05) is 35.8 Å². The Kier molecular flexibility index (Phi) is 5.37. The Bertz CT molecular complexity index is 1140. The number of anilines is 2. The molecule has 10 nitrogen and oxygen atoms in total. The minimum Gasteiger partial charge on any atom is -0.310 e. The highest BCUT2D eigenvalue weighted by Gasteiger charge is 2.12. The summed E-state index contributed by atoms with van der Waals surface area (Å²) in [6, 6.07) is 8.59. The zero-order valence-electron chi connectivity index (χ0n) is 16.4. The quantitative estimate of drug-likeness (QED) is 0.525. The topological polar surface area (TPSA) is 123 Å². The second-order valence-electron chi connectivity index (χ2n) is 6.70. The summed E-state index contributed by atoms with van der Waals surface area (Å²) in [5.74, 6) is 1.43. The molecule has 0 aliphatic rings. The lowest BCUT2D eigenvalue weighted by molar-refractivity contribution is 0.262. The van der Waals surface area contributed by atoms with E-state index < -0.39 is 6.03 Å². The predicted octanol–water partition coefficient (Wildman–Crippen LogP) is 3.42. The van der Waals surface area contributed by atoms with Gasteiger partial charge in [0.05, 0.1) is 0 Å². The van der Waals surface area contributed by atoms with Gasteiger partial charge in [0.1, 0.15) is 30.0 Å². The fourth-order valence-electron chi connectivity index (χ4n) is 2.78. The van der Waals surface area contributed by atoms with Crippen LogP contribution in [0.25, 0.3) is 22.6 Å². The monoisotopic (exact) mass is 401 g/mol. The first-order valence-electron chi connectivity index (χ1n) is 9.26. The lowest BCUT2D eigenvalue weighted by Crippen LogP contribution is -2.20. The van der Waals surface area contributed by atoms with Gasteiger partial charge in [-0.15, -0.1) is 10.2 Å². The third kappa shape index (κ3) is 4.27. The maximum atomic E-state index is 12.4. The van der Waals surface area contributed by atoms with Gasteiger partial charge in [-0.2, -0.15) is 0 Å².